The lowest BCUT2D eigenvalue weighted by atomic mass is 9.94. The van der Waals surface area contributed by atoms with Crippen LogP contribution in [0.25, 0.3) is 10.9 Å². The molecule has 1 heterocycles. The van der Waals surface area contributed by atoms with Crippen molar-refractivity contribution in [3.8, 4) is 0 Å². The van der Waals surface area contributed by atoms with Crippen LogP contribution in [-0.4, -0.2) is 39.2 Å². The number of rotatable bonds is 5. The van der Waals surface area contributed by atoms with E-state index in [0.29, 0.717) is 22.3 Å². The average Bonchev–Trinajstić information content (AvgIpc) is 2.78. The third-order valence-corrected chi connectivity index (χ3v) is 7.49. The normalized spacial score (nSPS) is 18.8. The molecule has 2 saturated carbocycles. The van der Waals surface area contributed by atoms with Crippen LogP contribution >= 0.6 is 11.8 Å². The van der Waals surface area contributed by atoms with Crippen LogP contribution in [0.3, 0.4) is 0 Å². The maximum absolute atomic E-state index is 13.3. The number of fused-ring (bicyclic) bond motifs is 1. The summed E-state index contributed by atoms with van der Waals surface area (Å²) in [5, 5.41) is 1.37. The molecule has 0 aliphatic heterocycles. The van der Waals surface area contributed by atoms with E-state index in [9.17, 15) is 9.59 Å². The van der Waals surface area contributed by atoms with E-state index in [-0.39, 0.29) is 17.5 Å². The van der Waals surface area contributed by atoms with Gasteiger partial charge in [-0.1, -0.05) is 62.4 Å². The molecule has 1 aromatic heterocycles. The molecule has 2 aliphatic carbocycles. The van der Waals surface area contributed by atoms with Gasteiger partial charge in [0.1, 0.15) is 0 Å². The second-order valence-electron chi connectivity index (χ2n) is 8.46. The molecule has 0 unspecified atom stereocenters. The number of carbonyl (C=O) groups is 1. The van der Waals surface area contributed by atoms with Gasteiger partial charge >= 0.3 is 0 Å². The van der Waals surface area contributed by atoms with E-state index in [2.05, 4.69) is 0 Å². The van der Waals surface area contributed by atoms with Gasteiger partial charge in [0, 0.05) is 19.1 Å². The first-order chi connectivity index (χ1) is 14.1. The summed E-state index contributed by atoms with van der Waals surface area (Å²) < 4.78 is 1.89. The van der Waals surface area contributed by atoms with Gasteiger partial charge in [-0.05, 0) is 37.8 Å². The molecule has 5 nitrogen and oxygen atoms in total. The maximum atomic E-state index is 13.3. The number of carbonyl (C=O) groups excluding carboxylic acids is 1. The van der Waals surface area contributed by atoms with Crippen molar-refractivity contribution in [3.05, 3.63) is 34.6 Å². The Kier molecular flexibility index (Phi) is 6.58. The summed E-state index contributed by atoms with van der Waals surface area (Å²) in [7, 11) is 1.93. The van der Waals surface area contributed by atoms with Crippen molar-refractivity contribution >= 4 is 28.6 Å². The highest BCUT2D eigenvalue weighted by atomic mass is 32.2. The van der Waals surface area contributed by atoms with E-state index < -0.39 is 0 Å². The molecule has 2 fully saturated rings. The number of para-hydroxylation sites is 1. The van der Waals surface area contributed by atoms with E-state index in [1.165, 1.54) is 37.4 Å². The Hall–Kier alpha value is -1.82. The van der Waals surface area contributed by atoms with Crippen LogP contribution in [-0.2, 0) is 4.79 Å². The average molecular weight is 414 g/mol. The first kappa shape index (κ1) is 20.5. The molecule has 0 saturated heterocycles. The van der Waals surface area contributed by atoms with Crippen molar-refractivity contribution in [2.45, 2.75) is 81.4 Å². The summed E-state index contributed by atoms with van der Waals surface area (Å²) in [4.78, 5) is 32.9. The molecule has 1 amide bonds. The van der Waals surface area contributed by atoms with Gasteiger partial charge in [-0.15, -0.1) is 0 Å². The molecule has 4 rings (SSSR count). The minimum Gasteiger partial charge on any atom is -0.342 e. The molecule has 0 atom stereocenters. The third-order valence-electron chi connectivity index (χ3n) is 6.56. The van der Waals surface area contributed by atoms with E-state index >= 15 is 0 Å². The first-order valence-electron chi connectivity index (χ1n) is 11.0. The number of hydrogen-bond acceptors (Lipinski definition) is 4. The van der Waals surface area contributed by atoms with Gasteiger partial charge in [0.2, 0.25) is 5.91 Å². The van der Waals surface area contributed by atoms with Gasteiger partial charge < -0.3 is 4.90 Å². The number of aromatic nitrogens is 2. The molecule has 0 bridgehead atoms. The standard InChI is InChI=1S/C23H31N3O2S/c1-25(17-10-4-2-5-11-17)21(27)16-29-23-24-20-15-9-8-14-19(20)22(28)26(23)18-12-6-3-7-13-18/h8-9,14-15,17-18H,2-7,10-13,16H2,1H3. The van der Waals surface area contributed by atoms with Gasteiger partial charge in [-0.2, -0.15) is 0 Å². The van der Waals surface area contributed by atoms with Crippen LogP contribution in [0.1, 0.15) is 70.3 Å². The second kappa shape index (κ2) is 9.33. The monoisotopic (exact) mass is 413 g/mol. The summed E-state index contributed by atoms with van der Waals surface area (Å²) in [6, 6.07) is 8.12. The van der Waals surface area contributed by atoms with E-state index in [1.807, 2.05) is 40.8 Å². The minimum absolute atomic E-state index is 0.0399. The predicted octanol–water partition coefficient (Wildman–Crippen LogP) is 4.78. The van der Waals surface area contributed by atoms with Gasteiger partial charge in [-0.25, -0.2) is 4.98 Å². The fraction of sp³-hybridized carbons (Fsp3) is 0.609. The highest BCUT2D eigenvalue weighted by molar-refractivity contribution is 7.99. The van der Waals surface area contributed by atoms with Crippen LogP contribution in [0, 0.1) is 0 Å². The molecule has 0 spiro atoms. The molecule has 6 heteroatoms. The van der Waals surface area contributed by atoms with Crippen molar-refractivity contribution in [1.82, 2.24) is 14.5 Å². The maximum Gasteiger partial charge on any atom is 0.262 e. The van der Waals surface area contributed by atoms with E-state index in [0.717, 1.165) is 44.0 Å². The summed E-state index contributed by atoms with van der Waals surface area (Å²) in [5.41, 5.74) is 0.762. The molecule has 2 aromatic rings. The Labute approximate surface area is 176 Å². The second-order valence-corrected chi connectivity index (χ2v) is 9.41. The number of nitrogens with zero attached hydrogens (tertiary/aromatic N) is 3. The van der Waals surface area contributed by atoms with Crippen molar-refractivity contribution in [1.29, 1.82) is 0 Å². The Morgan fingerprint density at radius 1 is 1.07 bits per heavy atom. The molecule has 2 aliphatic rings. The zero-order chi connectivity index (χ0) is 20.2. The molecular weight excluding hydrogens is 382 g/mol. The van der Waals surface area contributed by atoms with Crippen molar-refractivity contribution < 1.29 is 4.79 Å². The zero-order valence-electron chi connectivity index (χ0n) is 17.3. The van der Waals surface area contributed by atoms with Crippen LogP contribution in [0.5, 0.6) is 0 Å². The number of hydrogen-bond donors (Lipinski definition) is 0. The van der Waals surface area contributed by atoms with Gasteiger partial charge in [0.05, 0.1) is 16.7 Å². The molecule has 0 radical (unpaired) electrons. The summed E-state index contributed by atoms with van der Waals surface area (Å²) in [5.74, 6) is 0.476. The predicted molar refractivity (Wildman–Crippen MR) is 118 cm³/mol. The summed E-state index contributed by atoms with van der Waals surface area (Å²) in [6.45, 7) is 0. The summed E-state index contributed by atoms with van der Waals surface area (Å²) >= 11 is 1.43. The zero-order valence-corrected chi connectivity index (χ0v) is 18.1. The quantitative estimate of drug-likeness (QED) is 0.523. The van der Waals surface area contributed by atoms with Crippen LogP contribution < -0.4 is 5.56 Å². The highest BCUT2D eigenvalue weighted by Gasteiger charge is 2.25. The fourth-order valence-corrected chi connectivity index (χ4v) is 5.78. The smallest absolute Gasteiger partial charge is 0.262 e. The number of amides is 1. The highest BCUT2D eigenvalue weighted by Crippen LogP contribution is 2.31. The largest absolute Gasteiger partial charge is 0.342 e. The summed E-state index contributed by atoms with van der Waals surface area (Å²) in [6.07, 6.45) is 11.5. The lowest BCUT2D eigenvalue weighted by Crippen LogP contribution is -2.39. The Morgan fingerprint density at radius 3 is 2.45 bits per heavy atom. The van der Waals surface area contributed by atoms with Crippen molar-refractivity contribution in [2.75, 3.05) is 12.8 Å². The SMILES string of the molecule is CN(C(=O)CSc1nc2ccccc2c(=O)n1C1CCCCC1)C1CCCCC1. The number of benzene rings is 1. The van der Waals surface area contributed by atoms with Crippen molar-refractivity contribution in [2.24, 2.45) is 0 Å². The lowest BCUT2D eigenvalue weighted by Gasteiger charge is -2.31. The topological polar surface area (TPSA) is 55.2 Å². The van der Waals surface area contributed by atoms with Gasteiger partial charge in [0.25, 0.3) is 5.56 Å². The minimum atomic E-state index is 0.0399. The van der Waals surface area contributed by atoms with Gasteiger partial charge in [0.15, 0.2) is 5.16 Å². The fourth-order valence-electron chi connectivity index (χ4n) is 4.79. The Morgan fingerprint density at radius 2 is 1.72 bits per heavy atom. The lowest BCUT2D eigenvalue weighted by molar-refractivity contribution is -0.129. The molecule has 29 heavy (non-hydrogen) atoms. The molecule has 0 N–H and O–H groups in total. The van der Waals surface area contributed by atoms with Crippen LogP contribution in [0.2, 0.25) is 0 Å². The van der Waals surface area contributed by atoms with Crippen LogP contribution in [0.4, 0.5) is 0 Å². The Bertz CT molecular complexity index is 914. The van der Waals surface area contributed by atoms with Gasteiger partial charge in [-0.3, -0.25) is 14.2 Å². The first-order valence-corrected chi connectivity index (χ1v) is 12.0. The Balaban J connectivity index is 1.58. The molecule has 156 valence electrons. The van der Waals surface area contributed by atoms with Crippen molar-refractivity contribution in [3.63, 3.8) is 0 Å². The van der Waals surface area contributed by atoms with E-state index in [4.69, 9.17) is 4.98 Å². The number of thioether (sulfide) groups is 1. The molecular formula is C23H31N3O2S. The van der Waals surface area contributed by atoms with E-state index in [1.54, 1.807) is 0 Å². The van der Waals surface area contributed by atoms with Crippen LogP contribution in [0.15, 0.2) is 34.2 Å². The third kappa shape index (κ3) is 4.52. The molecule has 1 aromatic carbocycles.